The van der Waals surface area contributed by atoms with Crippen LogP contribution in [0.5, 0.6) is 0 Å². The third-order valence-electron chi connectivity index (χ3n) is 1.31. The average molecular weight is 185 g/mol. The lowest BCUT2D eigenvalue weighted by molar-refractivity contribution is 0.0518. The summed E-state index contributed by atoms with van der Waals surface area (Å²) in [4.78, 5) is 23.8. The second-order valence-electron chi connectivity index (χ2n) is 2.30. The summed E-state index contributed by atoms with van der Waals surface area (Å²) < 4.78 is 17.1. The van der Waals surface area contributed by atoms with E-state index in [0.717, 1.165) is 12.1 Å². The lowest BCUT2D eigenvalue weighted by Gasteiger charge is -2.00. The van der Waals surface area contributed by atoms with E-state index in [4.69, 9.17) is 0 Å². The predicted octanol–water partition coefficient (Wildman–Crippen LogP) is 0.691. The van der Waals surface area contributed by atoms with Crippen molar-refractivity contribution in [1.29, 1.82) is 0 Å². The molecule has 1 aromatic rings. The van der Waals surface area contributed by atoms with Crippen molar-refractivity contribution in [3.8, 4) is 0 Å². The second-order valence-corrected chi connectivity index (χ2v) is 2.30. The van der Waals surface area contributed by atoms with E-state index in [-0.39, 0.29) is 12.3 Å². The number of carbonyl (C=O) groups excluding carboxylic acids is 1. The van der Waals surface area contributed by atoms with Crippen LogP contribution in [0.1, 0.15) is 17.4 Å². The van der Waals surface area contributed by atoms with E-state index >= 15 is 0 Å². The highest BCUT2D eigenvalue weighted by atomic mass is 19.1. The first kappa shape index (κ1) is 9.44. The summed E-state index contributed by atoms with van der Waals surface area (Å²) in [5.74, 6) is -1.59. The van der Waals surface area contributed by atoms with Crippen LogP contribution < -0.4 is 5.43 Å². The van der Waals surface area contributed by atoms with Gasteiger partial charge < -0.3 is 9.72 Å². The molecule has 0 unspecified atom stereocenters. The highest BCUT2D eigenvalue weighted by Crippen LogP contribution is 1.96. The van der Waals surface area contributed by atoms with Gasteiger partial charge in [0.05, 0.1) is 6.61 Å². The first-order valence-electron chi connectivity index (χ1n) is 3.70. The molecule has 1 N–H and O–H groups in total. The minimum absolute atomic E-state index is 0.174. The lowest BCUT2D eigenvalue weighted by Crippen LogP contribution is -2.12. The Morgan fingerprint density at radius 1 is 1.62 bits per heavy atom. The van der Waals surface area contributed by atoms with E-state index in [1.54, 1.807) is 6.92 Å². The number of nitrogens with one attached hydrogen (secondary N) is 1. The number of H-pyrrole nitrogens is 1. The molecule has 0 saturated carbocycles. The molecular formula is C8H8FNO3. The van der Waals surface area contributed by atoms with Crippen molar-refractivity contribution in [2.75, 3.05) is 6.61 Å². The van der Waals surface area contributed by atoms with Gasteiger partial charge in [0.15, 0.2) is 11.4 Å². The molecule has 0 spiro atoms. The molecule has 0 radical (unpaired) electrons. The quantitative estimate of drug-likeness (QED) is 0.544. The summed E-state index contributed by atoms with van der Waals surface area (Å²) in [6.45, 7) is 1.80. The number of rotatable bonds is 2. The van der Waals surface area contributed by atoms with Crippen LogP contribution in [0.3, 0.4) is 0 Å². The molecule has 0 bridgehead atoms. The van der Waals surface area contributed by atoms with Crippen LogP contribution in [0.4, 0.5) is 4.39 Å². The lowest BCUT2D eigenvalue weighted by atomic mass is 10.3. The Bertz CT molecular complexity index is 372. The smallest absolute Gasteiger partial charge is 0.354 e. The minimum atomic E-state index is -0.851. The Morgan fingerprint density at radius 2 is 2.31 bits per heavy atom. The van der Waals surface area contributed by atoms with Gasteiger partial charge in [-0.2, -0.15) is 4.39 Å². The molecule has 1 aromatic heterocycles. The average Bonchev–Trinajstić information content (AvgIpc) is 2.03. The highest BCUT2D eigenvalue weighted by Gasteiger charge is 2.08. The van der Waals surface area contributed by atoms with Crippen LogP contribution in [0.2, 0.25) is 0 Å². The molecule has 0 atom stereocenters. The topological polar surface area (TPSA) is 59.2 Å². The van der Waals surface area contributed by atoms with Gasteiger partial charge in [-0.25, -0.2) is 4.79 Å². The zero-order valence-corrected chi connectivity index (χ0v) is 6.96. The summed E-state index contributed by atoms with van der Waals surface area (Å²) in [5.41, 5.74) is -0.744. The number of hydrogen-bond acceptors (Lipinski definition) is 3. The van der Waals surface area contributed by atoms with Gasteiger partial charge in [0.1, 0.15) is 5.69 Å². The molecule has 4 nitrogen and oxygen atoms in total. The van der Waals surface area contributed by atoms with E-state index in [0.29, 0.717) is 0 Å². The number of halogens is 1. The maximum atomic E-state index is 12.6. The molecule has 70 valence electrons. The van der Waals surface area contributed by atoms with E-state index < -0.39 is 17.3 Å². The van der Waals surface area contributed by atoms with Gasteiger partial charge in [0.2, 0.25) is 0 Å². The molecule has 0 aliphatic rings. The third-order valence-corrected chi connectivity index (χ3v) is 1.31. The van der Waals surface area contributed by atoms with Crippen molar-refractivity contribution in [1.82, 2.24) is 4.98 Å². The van der Waals surface area contributed by atoms with Crippen LogP contribution in [0.15, 0.2) is 16.9 Å². The highest BCUT2D eigenvalue weighted by molar-refractivity contribution is 5.87. The van der Waals surface area contributed by atoms with Gasteiger partial charge in [-0.15, -0.1) is 0 Å². The Morgan fingerprint density at radius 3 is 2.85 bits per heavy atom. The maximum absolute atomic E-state index is 12.6. The minimum Gasteiger partial charge on any atom is -0.461 e. The molecule has 1 heterocycles. The maximum Gasteiger partial charge on any atom is 0.354 e. The van der Waals surface area contributed by atoms with Crippen molar-refractivity contribution in [2.24, 2.45) is 0 Å². The number of carbonyl (C=O) groups is 1. The van der Waals surface area contributed by atoms with Crippen LogP contribution in [-0.4, -0.2) is 17.6 Å². The third kappa shape index (κ3) is 2.40. The van der Waals surface area contributed by atoms with Crippen LogP contribution in [0.25, 0.3) is 0 Å². The molecule has 0 aliphatic heterocycles. The number of aromatic nitrogens is 1. The first-order chi connectivity index (χ1) is 6.13. The van der Waals surface area contributed by atoms with E-state index in [9.17, 15) is 14.0 Å². The van der Waals surface area contributed by atoms with Crippen LogP contribution in [-0.2, 0) is 4.74 Å². The predicted molar refractivity (Wildman–Crippen MR) is 43.0 cm³/mol. The molecule has 0 saturated heterocycles. The number of ether oxygens (including phenoxy) is 1. The Hall–Kier alpha value is -1.65. The molecule has 0 aliphatic carbocycles. The Balaban J connectivity index is 3.01. The van der Waals surface area contributed by atoms with E-state index in [1.807, 2.05) is 0 Å². The fraction of sp³-hybridized carbons (Fsp3) is 0.250. The zero-order chi connectivity index (χ0) is 9.84. The Kier molecular flexibility index (Phi) is 2.79. The largest absolute Gasteiger partial charge is 0.461 e. The number of hydrogen-bond donors (Lipinski definition) is 1. The summed E-state index contributed by atoms with van der Waals surface area (Å²) in [5, 5.41) is 0. The first-order valence-corrected chi connectivity index (χ1v) is 3.70. The number of pyridine rings is 1. The van der Waals surface area contributed by atoms with E-state index in [2.05, 4.69) is 9.72 Å². The SMILES string of the molecule is CCOC(=O)c1cc(=O)cc(F)[nH]1. The van der Waals surface area contributed by atoms with E-state index in [1.165, 1.54) is 0 Å². The van der Waals surface area contributed by atoms with Gasteiger partial charge in [0, 0.05) is 12.1 Å². The molecule has 5 heteroatoms. The summed E-state index contributed by atoms with van der Waals surface area (Å²) in [6, 6.07) is 1.74. The van der Waals surface area contributed by atoms with Crippen molar-refractivity contribution in [3.63, 3.8) is 0 Å². The van der Waals surface area contributed by atoms with Gasteiger partial charge in [-0.1, -0.05) is 0 Å². The standard InChI is InChI=1S/C8H8FNO3/c1-2-13-8(12)6-3-5(11)4-7(9)10-6/h3-4H,2H2,1H3,(H,10,11). The van der Waals surface area contributed by atoms with Crippen LogP contribution in [0, 0.1) is 5.95 Å². The van der Waals surface area contributed by atoms with Gasteiger partial charge in [-0.05, 0) is 6.92 Å². The zero-order valence-electron chi connectivity index (χ0n) is 6.96. The Labute approximate surface area is 73.3 Å². The summed E-state index contributed by atoms with van der Waals surface area (Å²) >= 11 is 0. The molecule has 13 heavy (non-hydrogen) atoms. The molecule has 1 rings (SSSR count). The fourth-order valence-electron chi connectivity index (χ4n) is 0.828. The summed E-state index contributed by atoms with van der Waals surface area (Å²) in [7, 11) is 0. The fourth-order valence-corrected chi connectivity index (χ4v) is 0.828. The molecular weight excluding hydrogens is 177 g/mol. The monoisotopic (exact) mass is 185 g/mol. The van der Waals surface area contributed by atoms with Gasteiger partial charge >= 0.3 is 5.97 Å². The molecule has 0 aromatic carbocycles. The van der Waals surface area contributed by atoms with Crippen molar-refractivity contribution < 1.29 is 13.9 Å². The van der Waals surface area contributed by atoms with Crippen molar-refractivity contribution in [3.05, 3.63) is 34.0 Å². The second kappa shape index (κ2) is 3.84. The summed E-state index contributed by atoms with van der Waals surface area (Å²) in [6.07, 6.45) is 0. The van der Waals surface area contributed by atoms with Crippen molar-refractivity contribution >= 4 is 5.97 Å². The van der Waals surface area contributed by atoms with Crippen molar-refractivity contribution in [2.45, 2.75) is 6.92 Å². The number of aromatic amines is 1. The molecule has 0 amide bonds. The van der Waals surface area contributed by atoms with Gasteiger partial charge in [-0.3, -0.25) is 4.79 Å². The number of esters is 1. The van der Waals surface area contributed by atoms with Crippen LogP contribution >= 0.6 is 0 Å². The normalized spacial score (nSPS) is 9.69. The van der Waals surface area contributed by atoms with Gasteiger partial charge in [0.25, 0.3) is 0 Å². The molecule has 0 fully saturated rings.